The second-order valence-corrected chi connectivity index (χ2v) is 8.56. The van der Waals surface area contributed by atoms with E-state index in [9.17, 15) is 15.0 Å². The minimum absolute atomic E-state index is 0. The van der Waals surface area contributed by atoms with Gasteiger partial charge in [-0.05, 0) is 77.6 Å². The van der Waals surface area contributed by atoms with Gasteiger partial charge in [0.15, 0.2) is 0 Å². The molecule has 0 aromatic heterocycles. The predicted molar refractivity (Wildman–Crippen MR) is 121 cm³/mol. The Bertz CT molecular complexity index is 1090. The Kier molecular flexibility index (Phi) is 8.32. The maximum atomic E-state index is 11.0. The molecule has 4 rings (SSSR count). The van der Waals surface area contributed by atoms with Gasteiger partial charge in [-0.2, -0.15) is 0 Å². The van der Waals surface area contributed by atoms with Crippen molar-refractivity contribution in [2.45, 2.75) is 45.3 Å². The van der Waals surface area contributed by atoms with Crippen LogP contribution in [0.25, 0.3) is 11.1 Å². The molecule has 1 aliphatic carbocycles. The summed E-state index contributed by atoms with van der Waals surface area (Å²) in [6.45, 7) is 4.68. The van der Waals surface area contributed by atoms with E-state index < -0.39 is 12.1 Å². The molecule has 0 fully saturated rings. The summed E-state index contributed by atoms with van der Waals surface area (Å²) in [6, 6.07) is 19.8. The van der Waals surface area contributed by atoms with Crippen LogP contribution in [0.15, 0.2) is 60.7 Å². The third-order valence-corrected chi connectivity index (χ3v) is 6.40. The van der Waals surface area contributed by atoms with Gasteiger partial charge in [-0.1, -0.05) is 60.7 Å². The van der Waals surface area contributed by atoms with E-state index in [1.807, 2.05) is 18.2 Å². The fraction of sp³-hybridized carbons (Fsp3) is 0.296. The number of aliphatic hydroxyl groups excluding tert-OH is 1. The first-order chi connectivity index (χ1) is 14.9. The molecule has 0 heterocycles. The maximum Gasteiger partial charge on any atom is 1.00 e. The Hall–Kier alpha value is -1.95. The zero-order valence-corrected chi connectivity index (χ0v) is 21.0. The maximum absolute atomic E-state index is 11.0. The molecule has 0 unspecified atom stereocenters. The molecule has 5 heteroatoms. The number of hydrogen-bond donors (Lipinski definition) is 2. The summed E-state index contributed by atoms with van der Waals surface area (Å²) in [6.07, 6.45) is 2.46. The number of carbonyl (C=O) groups is 1. The van der Waals surface area contributed by atoms with Crippen molar-refractivity contribution >= 4 is 5.97 Å². The molecule has 4 nitrogen and oxygen atoms in total. The standard InChI is InChI=1S/C27H29NO3.Na/c1-17-3-4-23(13-18(17)2)26(29)16-28-25-12-11-20-7-10-22(14-24(20)15-25)19-5-8-21(9-6-19)27(30)31;/h3-10,13-14,25-26,28-29H,11-12,15-16H2,1-2H3,(H,30,31);/q;+1/p-1/t25-,26-;/m0./s1. The van der Waals surface area contributed by atoms with Crippen LogP contribution >= 0.6 is 0 Å². The average molecular weight is 438 g/mol. The number of fused-ring (bicyclic) bond motifs is 1. The zero-order valence-electron chi connectivity index (χ0n) is 19.0. The molecule has 2 N–H and O–H groups in total. The van der Waals surface area contributed by atoms with Crippen molar-refractivity contribution in [1.82, 2.24) is 5.32 Å². The number of hydrogen-bond acceptors (Lipinski definition) is 4. The molecule has 0 amide bonds. The van der Waals surface area contributed by atoms with E-state index in [2.05, 4.69) is 49.5 Å². The second kappa shape index (κ2) is 10.8. The largest absolute Gasteiger partial charge is 1.00 e. The molecule has 0 aliphatic heterocycles. The van der Waals surface area contributed by atoms with Crippen molar-refractivity contribution in [3.05, 3.63) is 94.0 Å². The number of carboxylic acids is 1. The Morgan fingerprint density at radius 3 is 2.41 bits per heavy atom. The number of rotatable bonds is 6. The molecule has 0 bridgehead atoms. The van der Waals surface area contributed by atoms with Crippen molar-refractivity contribution in [2.75, 3.05) is 6.54 Å². The van der Waals surface area contributed by atoms with Crippen LogP contribution in [0.5, 0.6) is 0 Å². The van der Waals surface area contributed by atoms with E-state index >= 15 is 0 Å². The van der Waals surface area contributed by atoms with Gasteiger partial charge in [-0.15, -0.1) is 0 Å². The van der Waals surface area contributed by atoms with Crippen LogP contribution in [-0.2, 0) is 12.8 Å². The Labute approximate surface area is 212 Å². The van der Waals surface area contributed by atoms with Crippen molar-refractivity contribution in [2.24, 2.45) is 0 Å². The van der Waals surface area contributed by atoms with Crippen molar-refractivity contribution in [3.63, 3.8) is 0 Å². The van der Waals surface area contributed by atoms with Gasteiger partial charge in [0.2, 0.25) is 0 Å². The van der Waals surface area contributed by atoms with Gasteiger partial charge in [0.1, 0.15) is 0 Å². The number of benzene rings is 3. The molecule has 0 spiro atoms. The van der Waals surface area contributed by atoms with Gasteiger partial charge in [0, 0.05) is 12.6 Å². The first-order valence-corrected chi connectivity index (χ1v) is 10.8. The summed E-state index contributed by atoms with van der Waals surface area (Å²) in [5, 5.41) is 25.1. The minimum atomic E-state index is -1.16. The molecule has 3 aromatic rings. The number of carboxylic acid groups (broad SMARTS) is 1. The smallest absolute Gasteiger partial charge is 0.545 e. The molecular weight excluding hydrogens is 409 g/mol. The van der Waals surface area contributed by atoms with Crippen molar-refractivity contribution < 1.29 is 44.6 Å². The SMILES string of the molecule is Cc1ccc([C@@H](O)CN[C@H]2CCc3ccc(-c4ccc(C(=O)[O-])cc4)cc3C2)cc1C.[Na+]. The fourth-order valence-corrected chi connectivity index (χ4v) is 4.28. The van der Waals surface area contributed by atoms with Crippen LogP contribution in [-0.4, -0.2) is 23.7 Å². The molecule has 0 radical (unpaired) electrons. The first kappa shape index (κ1) is 24.7. The van der Waals surface area contributed by atoms with Gasteiger partial charge < -0.3 is 20.3 Å². The van der Waals surface area contributed by atoms with Crippen LogP contribution < -0.4 is 40.0 Å². The van der Waals surface area contributed by atoms with Crippen molar-refractivity contribution in [1.29, 1.82) is 0 Å². The van der Waals surface area contributed by atoms with E-state index in [4.69, 9.17) is 0 Å². The number of aliphatic hydroxyl groups is 1. The third-order valence-electron chi connectivity index (χ3n) is 6.40. The third kappa shape index (κ3) is 5.69. The molecule has 3 aromatic carbocycles. The summed E-state index contributed by atoms with van der Waals surface area (Å²) in [5.41, 5.74) is 8.32. The molecule has 2 atom stereocenters. The normalized spacial score (nSPS) is 16.0. The summed E-state index contributed by atoms with van der Waals surface area (Å²) < 4.78 is 0. The Morgan fingerprint density at radius 1 is 1.00 bits per heavy atom. The van der Waals surface area contributed by atoms with Gasteiger partial charge in [-0.25, -0.2) is 0 Å². The van der Waals surface area contributed by atoms with Gasteiger partial charge in [-0.3, -0.25) is 0 Å². The van der Waals surface area contributed by atoms with Crippen LogP contribution in [0.4, 0.5) is 0 Å². The quantitative estimate of drug-likeness (QED) is 0.552. The second-order valence-electron chi connectivity index (χ2n) is 8.56. The van der Waals surface area contributed by atoms with Crippen LogP contribution in [0.1, 0.15) is 50.7 Å². The molecule has 0 saturated carbocycles. The summed E-state index contributed by atoms with van der Waals surface area (Å²) >= 11 is 0. The van der Waals surface area contributed by atoms with Crippen LogP contribution in [0.3, 0.4) is 0 Å². The summed E-state index contributed by atoms with van der Waals surface area (Å²) in [5.74, 6) is -1.16. The molecule has 160 valence electrons. The first-order valence-electron chi connectivity index (χ1n) is 10.8. The Balaban J connectivity index is 0.00000289. The van der Waals surface area contributed by atoms with Crippen LogP contribution in [0, 0.1) is 13.8 Å². The average Bonchev–Trinajstić information content (AvgIpc) is 2.78. The van der Waals surface area contributed by atoms with Gasteiger partial charge in [0.05, 0.1) is 12.1 Å². The van der Waals surface area contributed by atoms with Gasteiger partial charge >= 0.3 is 29.6 Å². The van der Waals surface area contributed by atoms with Gasteiger partial charge in [0.25, 0.3) is 0 Å². The Morgan fingerprint density at radius 2 is 1.72 bits per heavy atom. The molecule has 0 saturated heterocycles. The molecule has 32 heavy (non-hydrogen) atoms. The summed E-state index contributed by atoms with van der Waals surface area (Å²) in [7, 11) is 0. The van der Waals surface area contributed by atoms with E-state index in [-0.39, 0.29) is 35.1 Å². The van der Waals surface area contributed by atoms with E-state index in [0.717, 1.165) is 36.0 Å². The number of aromatic carboxylic acids is 1. The molecular formula is C27H28NNaO3. The monoisotopic (exact) mass is 437 g/mol. The van der Waals surface area contributed by atoms with E-state index in [1.54, 1.807) is 12.1 Å². The van der Waals surface area contributed by atoms with E-state index in [1.165, 1.54) is 22.3 Å². The topological polar surface area (TPSA) is 72.4 Å². The zero-order chi connectivity index (χ0) is 22.0. The minimum Gasteiger partial charge on any atom is -0.545 e. The van der Waals surface area contributed by atoms with Crippen LogP contribution in [0.2, 0.25) is 0 Å². The fourth-order valence-electron chi connectivity index (χ4n) is 4.28. The summed E-state index contributed by atoms with van der Waals surface area (Å²) in [4.78, 5) is 11.0. The van der Waals surface area contributed by atoms with Crippen molar-refractivity contribution in [3.8, 4) is 11.1 Å². The predicted octanol–water partition coefficient (Wildman–Crippen LogP) is 0.518. The molecule has 1 aliphatic rings. The number of nitrogens with one attached hydrogen (secondary N) is 1. The number of carbonyl (C=O) groups excluding carboxylic acids is 1. The van der Waals surface area contributed by atoms with E-state index in [0.29, 0.717) is 12.6 Å². The number of aryl methyl sites for hydroxylation is 3.